The molecular weight excluding hydrogens is 584 g/mol. The van der Waals surface area contributed by atoms with E-state index in [1.165, 1.54) is 17.9 Å². The highest BCUT2D eigenvalue weighted by Crippen LogP contribution is 2.34. The van der Waals surface area contributed by atoms with E-state index in [9.17, 15) is 31.7 Å². The molecule has 0 unspecified atom stereocenters. The van der Waals surface area contributed by atoms with Gasteiger partial charge in [-0.3, -0.25) is 24.0 Å². The summed E-state index contributed by atoms with van der Waals surface area (Å²) in [6, 6.07) is 2.07. The van der Waals surface area contributed by atoms with Gasteiger partial charge < -0.3 is 15.0 Å². The van der Waals surface area contributed by atoms with Crippen LogP contribution in [0.25, 0.3) is 0 Å². The lowest BCUT2D eigenvalue weighted by atomic mass is 10.1. The van der Waals surface area contributed by atoms with Crippen LogP contribution in [0.2, 0.25) is 0 Å². The molecule has 1 heterocycles. The van der Waals surface area contributed by atoms with E-state index >= 15 is 0 Å². The summed E-state index contributed by atoms with van der Waals surface area (Å²) in [5, 5.41) is 14.8. The van der Waals surface area contributed by atoms with Crippen LogP contribution in [0.5, 0.6) is 0 Å². The first-order chi connectivity index (χ1) is 16.9. The predicted octanol–water partition coefficient (Wildman–Crippen LogP) is 0.628. The van der Waals surface area contributed by atoms with Gasteiger partial charge in [-0.2, -0.15) is 8.42 Å². The van der Waals surface area contributed by atoms with Gasteiger partial charge in [-0.05, 0) is 6.07 Å². The Balaban J connectivity index is 2.44. The molecule has 0 atom stereocenters. The molecule has 0 bridgehead atoms. The first kappa shape index (κ1) is 30.4. The number of benzene rings is 1. The minimum absolute atomic E-state index is 0.0409. The molecule has 13 nitrogen and oxygen atoms in total. The summed E-state index contributed by atoms with van der Waals surface area (Å²) in [7, 11) is -7.69. The van der Waals surface area contributed by atoms with Crippen molar-refractivity contribution in [2.24, 2.45) is 0 Å². The van der Waals surface area contributed by atoms with Gasteiger partial charge in [-0.1, -0.05) is 22.9 Å². The molecule has 1 amide bonds. The number of rotatable bonds is 14. The van der Waals surface area contributed by atoms with Crippen LogP contribution in [0.15, 0.2) is 17.0 Å². The zero-order chi connectivity index (χ0) is 26.9. The third kappa shape index (κ3) is 8.92. The Morgan fingerprint density at radius 1 is 1.25 bits per heavy atom. The molecule has 1 aliphatic rings. The second-order valence-electron chi connectivity index (χ2n) is 7.91. The Kier molecular flexibility index (Phi) is 11.5. The number of nitrogens with one attached hydrogen (secondary N) is 1. The van der Waals surface area contributed by atoms with E-state index in [1.54, 1.807) is 0 Å². The number of halogens is 1. The van der Waals surface area contributed by atoms with Crippen molar-refractivity contribution in [1.82, 2.24) is 10.2 Å². The van der Waals surface area contributed by atoms with Gasteiger partial charge in [-0.25, -0.2) is 8.42 Å². The summed E-state index contributed by atoms with van der Waals surface area (Å²) >= 11 is 3.28. The van der Waals surface area contributed by atoms with Crippen molar-refractivity contribution in [3.63, 3.8) is 0 Å². The Bertz CT molecular complexity index is 1140. The SMILES string of the molecule is CCS(=O)(=O)c1cc([N+](=O)[O-])c(C(=O)NCCN2CCOCC2)cc1N(CCBr)CCOS(C)(=O)=O. The van der Waals surface area contributed by atoms with Crippen LogP contribution in [0.4, 0.5) is 11.4 Å². The molecule has 1 aromatic carbocycles. The summed E-state index contributed by atoms with van der Waals surface area (Å²) in [4.78, 5) is 27.3. The maximum atomic E-state index is 13.0. The molecule has 1 saturated heterocycles. The van der Waals surface area contributed by atoms with Gasteiger partial charge >= 0.3 is 0 Å². The van der Waals surface area contributed by atoms with Crippen LogP contribution < -0.4 is 10.2 Å². The van der Waals surface area contributed by atoms with Gasteiger partial charge in [0.05, 0.1) is 47.3 Å². The van der Waals surface area contributed by atoms with Crippen LogP contribution in [-0.2, 0) is 28.9 Å². The molecule has 1 aromatic rings. The molecule has 0 aliphatic carbocycles. The van der Waals surface area contributed by atoms with E-state index in [0.717, 1.165) is 12.3 Å². The number of carbonyl (C=O) groups is 1. The van der Waals surface area contributed by atoms with E-state index in [0.29, 0.717) is 38.2 Å². The second-order valence-corrected chi connectivity index (χ2v) is 12.6. The number of morpholine rings is 1. The fourth-order valence-corrected chi connectivity index (χ4v) is 5.46. The average molecular weight is 616 g/mol. The molecule has 1 N–H and O–H groups in total. The highest BCUT2D eigenvalue weighted by atomic mass is 79.9. The maximum absolute atomic E-state index is 13.0. The molecule has 16 heteroatoms. The quantitative estimate of drug-likeness (QED) is 0.135. The molecule has 0 spiro atoms. The van der Waals surface area contributed by atoms with E-state index < -0.39 is 36.5 Å². The first-order valence-electron chi connectivity index (χ1n) is 11.2. The Morgan fingerprint density at radius 3 is 2.47 bits per heavy atom. The minimum atomic E-state index is -3.95. The monoisotopic (exact) mass is 614 g/mol. The minimum Gasteiger partial charge on any atom is -0.379 e. The zero-order valence-corrected chi connectivity index (χ0v) is 23.4. The van der Waals surface area contributed by atoms with Crippen LogP contribution in [0.3, 0.4) is 0 Å². The topological polar surface area (TPSA) is 165 Å². The van der Waals surface area contributed by atoms with Crippen LogP contribution >= 0.6 is 15.9 Å². The summed E-state index contributed by atoms with van der Waals surface area (Å²) in [6.45, 7) is 4.64. The molecule has 1 fully saturated rings. The number of alkyl halides is 1. The summed E-state index contributed by atoms with van der Waals surface area (Å²) in [5.74, 6) is -1.05. The fraction of sp³-hybridized carbons (Fsp3) is 0.650. The number of carbonyl (C=O) groups excluding carboxylic acids is 1. The van der Waals surface area contributed by atoms with Crippen molar-refractivity contribution in [3.8, 4) is 0 Å². The van der Waals surface area contributed by atoms with Crippen LogP contribution in [0, 0.1) is 10.1 Å². The van der Waals surface area contributed by atoms with Crippen molar-refractivity contribution >= 4 is 53.2 Å². The standard InChI is InChI=1S/C20H31BrN4O9S2/c1-3-36(31,32)19-15-17(25(27)28)16(20(26)22-5-7-23-8-11-33-12-9-23)14-18(19)24(6-4-21)10-13-34-35(2,29)30/h14-15H,3-13H2,1-2H3,(H,22,26). The number of anilines is 1. The Morgan fingerprint density at radius 2 is 1.92 bits per heavy atom. The Labute approximate surface area is 219 Å². The first-order valence-corrected chi connectivity index (χ1v) is 15.8. The molecule has 1 aliphatic heterocycles. The normalized spacial score (nSPS) is 15.0. The van der Waals surface area contributed by atoms with E-state index in [1.807, 2.05) is 0 Å². The number of ether oxygens (including phenoxy) is 1. The van der Waals surface area contributed by atoms with Crippen molar-refractivity contribution in [1.29, 1.82) is 0 Å². The lowest BCUT2D eigenvalue weighted by Gasteiger charge is -2.27. The molecule has 0 saturated carbocycles. The lowest BCUT2D eigenvalue weighted by Crippen LogP contribution is -2.41. The highest BCUT2D eigenvalue weighted by Gasteiger charge is 2.30. The summed E-state index contributed by atoms with van der Waals surface area (Å²) in [6.07, 6.45) is 0.889. The average Bonchev–Trinajstić information content (AvgIpc) is 2.82. The molecule has 0 radical (unpaired) electrons. The van der Waals surface area contributed by atoms with Crippen molar-refractivity contribution < 1.29 is 35.5 Å². The van der Waals surface area contributed by atoms with Crippen molar-refractivity contribution in [3.05, 3.63) is 27.8 Å². The Hall–Kier alpha value is -1.85. The second kappa shape index (κ2) is 13.6. The van der Waals surface area contributed by atoms with E-state index in [2.05, 4.69) is 26.1 Å². The largest absolute Gasteiger partial charge is 0.379 e. The zero-order valence-electron chi connectivity index (χ0n) is 20.1. The van der Waals surface area contributed by atoms with E-state index in [-0.39, 0.29) is 48.1 Å². The van der Waals surface area contributed by atoms with Gasteiger partial charge in [0.15, 0.2) is 9.84 Å². The summed E-state index contributed by atoms with van der Waals surface area (Å²) in [5.41, 5.74) is -0.881. The third-order valence-corrected chi connectivity index (χ3v) is 8.11. The number of amides is 1. The van der Waals surface area contributed by atoms with Gasteiger partial charge in [0.2, 0.25) is 0 Å². The number of nitrogens with zero attached hydrogens (tertiary/aromatic N) is 3. The molecule has 204 valence electrons. The number of hydrogen-bond donors (Lipinski definition) is 1. The van der Waals surface area contributed by atoms with E-state index in [4.69, 9.17) is 8.92 Å². The van der Waals surface area contributed by atoms with Crippen molar-refractivity contribution in [2.45, 2.75) is 11.8 Å². The van der Waals surface area contributed by atoms with Gasteiger partial charge in [0.1, 0.15) is 5.56 Å². The number of nitro groups is 1. The van der Waals surface area contributed by atoms with Crippen molar-refractivity contribution in [2.75, 3.05) is 81.3 Å². The van der Waals surface area contributed by atoms with Gasteiger partial charge in [0.25, 0.3) is 21.7 Å². The number of hydrogen-bond acceptors (Lipinski definition) is 11. The van der Waals surface area contributed by atoms with Gasteiger partial charge in [0, 0.05) is 50.7 Å². The molecular formula is C20H31BrN4O9S2. The number of nitro benzene ring substituents is 1. The maximum Gasteiger partial charge on any atom is 0.283 e. The molecule has 0 aromatic heterocycles. The predicted molar refractivity (Wildman–Crippen MR) is 137 cm³/mol. The van der Waals surface area contributed by atoms with Crippen LogP contribution in [0.1, 0.15) is 17.3 Å². The molecule has 36 heavy (non-hydrogen) atoms. The lowest BCUT2D eigenvalue weighted by molar-refractivity contribution is -0.385. The highest BCUT2D eigenvalue weighted by molar-refractivity contribution is 9.09. The van der Waals surface area contributed by atoms with Gasteiger partial charge in [-0.15, -0.1) is 0 Å². The van der Waals surface area contributed by atoms with Crippen LogP contribution in [-0.4, -0.2) is 109 Å². The number of sulfone groups is 1. The summed E-state index contributed by atoms with van der Waals surface area (Å²) < 4.78 is 58.6. The fourth-order valence-electron chi connectivity index (χ4n) is 3.54. The third-order valence-electron chi connectivity index (χ3n) is 5.40. The molecule has 2 rings (SSSR count). The smallest absolute Gasteiger partial charge is 0.283 e.